The number of carbonyl (C=O) groups excluding carboxylic acids is 1. The normalized spacial score (nSPS) is 22.6. The van der Waals surface area contributed by atoms with Crippen LogP contribution in [0.5, 0.6) is 5.88 Å². The highest BCUT2D eigenvalue weighted by molar-refractivity contribution is 5.95. The maximum absolute atomic E-state index is 12.1. The molecule has 2 fully saturated rings. The maximum Gasteiger partial charge on any atom is 0.341 e. The zero-order valence-electron chi connectivity index (χ0n) is 22.2. The molecule has 5 atom stereocenters. The molecule has 214 valence electrons. The fourth-order valence-electron chi connectivity index (χ4n) is 4.70. The predicted octanol–water partition coefficient (Wildman–Crippen LogP) is 2.20. The third-order valence-electron chi connectivity index (χ3n) is 6.54. The second-order valence-corrected chi connectivity index (χ2v) is 9.24. The molecule has 4 aromatic rings. The fourth-order valence-corrected chi connectivity index (χ4v) is 4.70. The van der Waals surface area contributed by atoms with Crippen LogP contribution in [-0.4, -0.2) is 79.4 Å². The number of carbonyl (C=O) groups is 2. The quantitative estimate of drug-likeness (QED) is 0.278. The Labute approximate surface area is 239 Å². The van der Waals surface area contributed by atoms with Gasteiger partial charge in [0.15, 0.2) is 23.2 Å². The first-order valence-corrected chi connectivity index (χ1v) is 13.1. The van der Waals surface area contributed by atoms with Gasteiger partial charge in [-0.05, 0) is 37.1 Å². The fraction of sp³-hybridized carbons (Fsp3) is 0.286. The van der Waals surface area contributed by atoms with Crippen LogP contribution in [0, 0.1) is 11.8 Å². The second kappa shape index (κ2) is 11.8. The number of aromatic nitrogens is 5. The topological polar surface area (TPSA) is 172 Å². The van der Waals surface area contributed by atoms with Crippen LogP contribution in [-0.2, 0) is 14.2 Å². The molecule has 2 saturated heterocycles. The lowest BCUT2D eigenvalue weighted by atomic mass is 10.1. The van der Waals surface area contributed by atoms with E-state index in [1.165, 1.54) is 31.0 Å². The van der Waals surface area contributed by atoms with Crippen molar-refractivity contribution in [2.75, 3.05) is 18.5 Å². The van der Waals surface area contributed by atoms with Gasteiger partial charge in [0.25, 0.3) is 0 Å². The molecule has 2 amide bonds. The highest BCUT2D eigenvalue weighted by Gasteiger charge is 2.54. The van der Waals surface area contributed by atoms with Gasteiger partial charge in [0, 0.05) is 18.3 Å². The summed E-state index contributed by atoms with van der Waals surface area (Å²) in [6.07, 6.45) is 0.656. The van der Waals surface area contributed by atoms with Gasteiger partial charge in [-0.15, -0.1) is 0 Å². The smallest absolute Gasteiger partial charge is 0.341 e. The number of aromatic carboxylic acids is 1. The summed E-state index contributed by atoms with van der Waals surface area (Å²) in [5, 5.41) is 14.8. The Balaban J connectivity index is 1.28. The number of hydrogen-bond donors (Lipinski definition) is 3. The molecule has 2 aliphatic rings. The number of ether oxygens (including phenoxy) is 4. The largest absolute Gasteiger partial charge is 0.477 e. The third-order valence-corrected chi connectivity index (χ3v) is 6.54. The lowest BCUT2D eigenvalue weighted by molar-refractivity contribution is -0.128. The minimum Gasteiger partial charge on any atom is -0.477 e. The average Bonchev–Trinajstić information content (AvgIpc) is 3.70. The van der Waals surface area contributed by atoms with Crippen molar-refractivity contribution in [3.8, 4) is 17.7 Å². The number of carboxylic acid groups (broad SMARTS) is 1. The van der Waals surface area contributed by atoms with Gasteiger partial charge >= 0.3 is 12.0 Å². The predicted molar refractivity (Wildman–Crippen MR) is 145 cm³/mol. The number of fused-ring (bicyclic) bond motifs is 2. The molecule has 0 radical (unpaired) electrons. The Morgan fingerprint density at radius 3 is 2.69 bits per heavy atom. The molecule has 5 heterocycles. The zero-order chi connectivity index (χ0) is 29.1. The molecule has 14 heteroatoms. The van der Waals surface area contributed by atoms with Crippen LogP contribution in [0.25, 0.3) is 11.2 Å². The van der Waals surface area contributed by atoms with Gasteiger partial charge in [0.1, 0.15) is 36.8 Å². The Morgan fingerprint density at radius 1 is 1.05 bits per heavy atom. The number of anilines is 1. The summed E-state index contributed by atoms with van der Waals surface area (Å²) in [5.74, 6) is 5.07. The van der Waals surface area contributed by atoms with Gasteiger partial charge in [-0.3, -0.25) is 9.88 Å². The van der Waals surface area contributed by atoms with Crippen molar-refractivity contribution in [1.29, 1.82) is 0 Å². The van der Waals surface area contributed by atoms with E-state index in [1.807, 2.05) is 30.3 Å². The number of hydrogen-bond acceptors (Lipinski definition) is 10. The minimum absolute atomic E-state index is 0.0465. The van der Waals surface area contributed by atoms with Crippen molar-refractivity contribution in [3.63, 3.8) is 0 Å². The van der Waals surface area contributed by atoms with Crippen LogP contribution in [0.4, 0.5) is 10.6 Å². The van der Waals surface area contributed by atoms with Crippen LogP contribution in [0.2, 0.25) is 0 Å². The summed E-state index contributed by atoms with van der Waals surface area (Å²) >= 11 is 0. The van der Waals surface area contributed by atoms with Gasteiger partial charge < -0.3 is 29.4 Å². The van der Waals surface area contributed by atoms with E-state index in [1.54, 1.807) is 11.5 Å². The molecule has 3 aromatic heterocycles. The van der Waals surface area contributed by atoms with E-state index in [4.69, 9.17) is 18.9 Å². The monoisotopic (exact) mass is 571 g/mol. The van der Waals surface area contributed by atoms with Gasteiger partial charge in [-0.1, -0.05) is 24.1 Å². The summed E-state index contributed by atoms with van der Waals surface area (Å²) in [5.41, 5.74) is 1.46. The summed E-state index contributed by atoms with van der Waals surface area (Å²) in [7, 11) is 0. The number of carboxylic acids is 1. The molecule has 0 aliphatic carbocycles. The number of imidazole rings is 1. The molecule has 0 saturated carbocycles. The Morgan fingerprint density at radius 2 is 1.88 bits per heavy atom. The van der Waals surface area contributed by atoms with E-state index < -0.39 is 42.8 Å². The first-order valence-electron chi connectivity index (χ1n) is 13.1. The maximum atomic E-state index is 12.1. The van der Waals surface area contributed by atoms with Crippen molar-refractivity contribution in [2.24, 2.45) is 0 Å². The molecule has 42 heavy (non-hydrogen) atoms. The van der Waals surface area contributed by atoms with Gasteiger partial charge in [0.05, 0.1) is 6.33 Å². The molecule has 6 rings (SSSR count). The van der Waals surface area contributed by atoms with E-state index in [2.05, 4.69) is 42.4 Å². The molecule has 3 N–H and O–H groups in total. The highest BCUT2D eigenvalue weighted by Crippen LogP contribution is 2.40. The Bertz CT molecular complexity index is 1670. The van der Waals surface area contributed by atoms with E-state index in [9.17, 15) is 14.7 Å². The number of urea groups is 1. The summed E-state index contributed by atoms with van der Waals surface area (Å²) in [4.78, 5) is 40.7. The van der Waals surface area contributed by atoms with Gasteiger partial charge in [0.2, 0.25) is 12.2 Å². The highest BCUT2D eigenvalue weighted by atomic mass is 16.8. The zero-order valence-corrected chi connectivity index (χ0v) is 22.2. The number of amides is 2. The van der Waals surface area contributed by atoms with Crippen molar-refractivity contribution < 1.29 is 33.6 Å². The lowest BCUT2D eigenvalue weighted by Gasteiger charge is -2.20. The van der Waals surface area contributed by atoms with Gasteiger partial charge in [-0.2, -0.15) is 0 Å². The number of nitrogens with one attached hydrogen (secondary N) is 2. The molecule has 5 unspecified atom stereocenters. The molecule has 1 aromatic carbocycles. The van der Waals surface area contributed by atoms with E-state index in [0.29, 0.717) is 17.7 Å². The minimum atomic E-state index is -1.17. The van der Waals surface area contributed by atoms with E-state index in [0.717, 1.165) is 5.56 Å². The van der Waals surface area contributed by atoms with Crippen LogP contribution in [0.1, 0.15) is 29.1 Å². The first kappa shape index (κ1) is 27.1. The van der Waals surface area contributed by atoms with E-state index >= 15 is 0 Å². The van der Waals surface area contributed by atoms with Crippen LogP contribution in [0.3, 0.4) is 0 Å². The standard InChI is InChI=1S/C28H25N7O7/c1-2-29-28(38)34-23-20-24(32-14-31-23)35(15-33-20)26-22-21(41-19(42-22)11-10-16-7-4-3-5-8-16)18(40-26)13-39-25-17(27(36)37)9-6-12-30-25/h3-9,12,14-15,18-19,21-22,26H,2,13H2,1H3,(H,36,37)(H2,29,31,32,34,38). The van der Waals surface area contributed by atoms with Crippen LogP contribution in [0.15, 0.2) is 61.3 Å². The molecule has 14 nitrogen and oxygen atoms in total. The summed E-state index contributed by atoms with van der Waals surface area (Å²) < 4.78 is 26.2. The van der Waals surface area contributed by atoms with Crippen LogP contribution < -0.4 is 15.4 Å². The number of benzene rings is 1. The van der Waals surface area contributed by atoms with E-state index in [-0.39, 0.29) is 23.9 Å². The van der Waals surface area contributed by atoms with Crippen molar-refractivity contribution in [2.45, 2.75) is 37.8 Å². The average molecular weight is 572 g/mol. The third kappa shape index (κ3) is 5.44. The van der Waals surface area contributed by atoms with Crippen molar-refractivity contribution in [3.05, 3.63) is 72.4 Å². The molecule has 0 bridgehead atoms. The Kier molecular flexibility index (Phi) is 7.60. The van der Waals surface area contributed by atoms with Gasteiger partial charge in [-0.25, -0.2) is 29.5 Å². The molecule has 2 aliphatic heterocycles. The molecule has 0 spiro atoms. The van der Waals surface area contributed by atoms with Crippen molar-refractivity contribution in [1.82, 2.24) is 29.8 Å². The summed E-state index contributed by atoms with van der Waals surface area (Å²) in [6.45, 7) is 2.16. The number of rotatable bonds is 7. The lowest BCUT2D eigenvalue weighted by Crippen LogP contribution is -2.33. The molecular formula is C28H25N7O7. The number of pyridine rings is 1. The summed E-state index contributed by atoms with van der Waals surface area (Å²) in [6, 6.07) is 11.9. The second-order valence-electron chi connectivity index (χ2n) is 9.24. The first-order chi connectivity index (χ1) is 20.5. The number of nitrogens with zero attached hydrogens (tertiary/aromatic N) is 5. The molecular weight excluding hydrogens is 546 g/mol. The SMILES string of the molecule is CCNC(=O)Nc1ncnc2c1ncn2C1OC(COc2ncccc2C(=O)O)C2OC(C#Cc3ccccc3)OC21. The van der Waals surface area contributed by atoms with Crippen LogP contribution >= 0.6 is 0 Å². The Hall–Kier alpha value is -5.10. The van der Waals surface area contributed by atoms with Crippen molar-refractivity contribution >= 4 is 29.0 Å².